The Balaban J connectivity index is 0.00000178. The molecule has 2 aromatic rings. The van der Waals surface area contributed by atoms with E-state index >= 15 is 4.39 Å². The lowest BCUT2D eigenvalue weighted by Gasteiger charge is -2.34. The van der Waals surface area contributed by atoms with Crippen LogP contribution in [-0.4, -0.2) is 68.7 Å². The van der Waals surface area contributed by atoms with Crippen molar-refractivity contribution >= 4 is 107 Å². The molecule has 1 fully saturated rings. The van der Waals surface area contributed by atoms with Gasteiger partial charge in [-0.2, -0.15) is 23.7 Å². The predicted octanol–water partition coefficient (Wildman–Crippen LogP) is -1.51. The van der Waals surface area contributed by atoms with Crippen LogP contribution in [-0.2, 0) is 11.0 Å². The topological polar surface area (TPSA) is 100 Å². The van der Waals surface area contributed by atoms with Crippen LogP contribution >= 0.6 is 12.2 Å². The quantitative estimate of drug-likeness (QED) is 0.282. The molecule has 1 aliphatic rings. The maximum absolute atomic E-state index is 15.2. The predicted molar refractivity (Wildman–Crippen MR) is 151 cm³/mol. The number of hydrogen-bond acceptors (Lipinski definition) is 5. The summed E-state index contributed by atoms with van der Waals surface area (Å²) in [5.74, 6) is -3.12. The molecule has 1 N–H and O–H groups in total. The third kappa shape index (κ3) is 5.11. The lowest BCUT2D eigenvalue weighted by molar-refractivity contribution is -0.136. The summed E-state index contributed by atoms with van der Waals surface area (Å²) in [5, 5.41) is 18.2. The second-order valence-corrected chi connectivity index (χ2v) is 9.02. The Bertz CT molecular complexity index is 1510. The number of nitrogens with one attached hydrogen (secondary N) is 1. The maximum atomic E-state index is 15.2. The fourth-order valence-corrected chi connectivity index (χ4v) is 4.57. The highest BCUT2D eigenvalue weighted by Gasteiger charge is 2.52. The van der Waals surface area contributed by atoms with E-state index < -0.39 is 89.8 Å². The van der Waals surface area contributed by atoms with Crippen molar-refractivity contribution in [1.82, 2.24) is 5.32 Å². The largest absolute Gasteiger partial charge is 0.417 e. The zero-order valence-electron chi connectivity index (χ0n) is 21.5. The number of carbonyl (C=O) groups excluding carboxylic acids is 2. The zero-order chi connectivity index (χ0) is 31.1. The standard InChI is InChI=1S/C21H11B5F4N4O2S.C2H3N/c1-20(2)18(36)33(15-7(22)4-6(5-31)9(11(15)24)21(28,29)30)19(37)34(20)16-12(25)10(23)8(17(35)32-3)14(27)13(16)26;1-2-3/h4H,1-3H3,(H,32,35);1H3. The molecule has 1 saturated heterocycles. The van der Waals surface area contributed by atoms with Gasteiger partial charge in [0.05, 0.1) is 28.8 Å². The van der Waals surface area contributed by atoms with Crippen LogP contribution in [0, 0.1) is 28.5 Å². The van der Waals surface area contributed by atoms with Gasteiger partial charge in [0, 0.05) is 25.3 Å². The van der Waals surface area contributed by atoms with Crippen molar-refractivity contribution in [2.24, 2.45) is 0 Å². The van der Waals surface area contributed by atoms with Gasteiger partial charge in [-0.15, -0.1) is 0 Å². The van der Waals surface area contributed by atoms with E-state index in [9.17, 15) is 28.0 Å². The van der Waals surface area contributed by atoms with Gasteiger partial charge < -0.3 is 10.2 Å². The third-order valence-corrected chi connectivity index (χ3v) is 6.23. The Morgan fingerprint density at radius 1 is 1.05 bits per heavy atom. The molecule has 0 aromatic heterocycles. The van der Waals surface area contributed by atoms with E-state index in [1.54, 1.807) is 6.07 Å². The van der Waals surface area contributed by atoms with Gasteiger partial charge in [0.25, 0.3) is 11.8 Å². The van der Waals surface area contributed by atoms with Gasteiger partial charge in [-0.05, 0) is 37.6 Å². The van der Waals surface area contributed by atoms with Gasteiger partial charge in [0.15, 0.2) is 5.11 Å². The number of thiocarbonyl (C=S) groups is 1. The molecule has 17 heteroatoms. The number of nitrogens with zero attached hydrogens (tertiary/aromatic N) is 4. The number of hydrogen-bond donors (Lipinski definition) is 1. The molecule has 1 aliphatic heterocycles. The van der Waals surface area contributed by atoms with E-state index in [0.29, 0.717) is 11.0 Å². The second kappa shape index (κ2) is 11.4. The Labute approximate surface area is 239 Å². The Kier molecular flexibility index (Phi) is 9.28. The number of nitriles is 2. The summed E-state index contributed by atoms with van der Waals surface area (Å²) in [6.45, 7) is 4.05. The summed E-state index contributed by atoms with van der Waals surface area (Å²) >= 11 is 5.40. The van der Waals surface area contributed by atoms with Crippen molar-refractivity contribution < 1.29 is 27.2 Å². The number of anilines is 2. The van der Waals surface area contributed by atoms with Crippen molar-refractivity contribution in [3.05, 3.63) is 28.6 Å². The number of carbonyl (C=O) groups is 2. The normalized spacial score (nSPS) is 14.2. The molecule has 10 radical (unpaired) electrons. The molecule has 2 amide bonds. The second-order valence-electron chi connectivity index (χ2n) is 8.66. The van der Waals surface area contributed by atoms with Crippen LogP contribution < -0.4 is 42.4 Å². The molecule has 3 rings (SSSR count). The van der Waals surface area contributed by atoms with Crippen LogP contribution in [0.4, 0.5) is 28.9 Å². The number of alkyl halides is 3. The van der Waals surface area contributed by atoms with Crippen molar-refractivity contribution in [3.8, 4) is 12.1 Å². The molecule has 7 nitrogen and oxygen atoms in total. The number of amides is 2. The Morgan fingerprint density at radius 2 is 1.57 bits per heavy atom. The van der Waals surface area contributed by atoms with Crippen molar-refractivity contribution in [2.45, 2.75) is 32.5 Å². The van der Waals surface area contributed by atoms with E-state index in [4.69, 9.17) is 56.7 Å². The molecule has 0 aliphatic carbocycles. The SMILES string of the molecule is CC#N.[B]c1cc(C#N)c(C(F)(F)F)c([B])c1N1C(=O)C(C)(C)N(c2c([B])c([B])c(C(=O)NC)c(F)c2[B])C1=S. The minimum Gasteiger partial charge on any atom is -0.355 e. The molecule has 0 spiro atoms. The van der Waals surface area contributed by atoms with E-state index in [-0.39, 0.29) is 0 Å². The van der Waals surface area contributed by atoms with Crippen LogP contribution in [0.3, 0.4) is 0 Å². The first-order valence-corrected chi connectivity index (χ1v) is 11.3. The van der Waals surface area contributed by atoms with Gasteiger partial charge in [-0.1, -0.05) is 21.9 Å². The van der Waals surface area contributed by atoms with Crippen LogP contribution in [0.5, 0.6) is 0 Å². The highest BCUT2D eigenvalue weighted by molar-refractivity contribution is 7.81. The van der Waals surface area contributed by atoms with Gasteiger partial charge in [-0.25, -0.2) is 4.39 Å². The van der Waals surface area contributed by atoms with Crippen molar-refractivity contribution in [3.63, 3.8) is 0 Å². The van der Waals surface area contributed by atoms with Crippen molar-refractivity contribution in [1.29, 1.82) is 10.5 Å². The fraction of sp³-hybridized carbons (Fsp3) is 0.261. The number of rotatable bonds is 3. The molecule has 0 bridgehead atoms. The molecule has 2 aromatic carbocycles. The minimum atomic E-state index is -5.08. The zero-order valence-corrected chi connectivity index (χ0v) is 22.3. The summed E-state index contributed by atoms with van der Waals surface area (Å²) in [5.41, 5.74) is -8.92. The Morgan fingerprint density at radius 3 is 2.02 bits per heavy atom. The van der Waals surface area contributed by atoms with E-state index in [2.05, 4.69) is 5.32 Å². The lowest BCUT2D eigenvalue weighted by Crippen LogP contribution is -2.52. The maximum Gasteiger partial charge on any atom is 0.417 e. The van der Waals surface area contributed by atoms with E-state index in [1.165, 1.54) is 33.9 Å². The summed E-state index contributed by atoms with van der Waals surface area (Å²) in [4.78, 5) is 27.3. The molecule has 192 valence electrons. The highest BCUT2D eigenvalue weighted by Crippen LogP contribution is 2.37. The first kappa shape index (κ1) is 32.5. The first-order chi connectivity index (χ1) is 18.4. The molecular formula is C23H14B5F4N5O2S. The van der Waals surface area contributed by atoms with Crippen LogP contribution in [0.2, 0.25) is 0 Å². The first-order valence-electron chi connectivity index (χ1n) is 10.9. The average Bonchev–Trinajstić information content (AvgIpc) is 3.02. The van der Waals surface area contributed by atoms with Gasteiger partial charge >= 0.3 is 6.18 Å². The lowest BCUT2D eigenvalue weighted by atomic mass is 9.71. The van der Waals surface area contributed by atoms with Crippen molar-refractivity contribution in [2.75, 3.05) is 16.8 Å². The van der Waals surface area contributed by atoms with Gasteiger partial charge in [0.1, 0.15) is 50.6 Å². The minimum absolute atomic E-state index is 0.393. The summed E-state index contributed by atoms with van der Waals surface area (Å²) in [7, 11) is 30.9. The molecule has 0 saturated carbocycles. The molecular weight excluding hydrogens is 540 g/mol. The van der Waals surface area contributed by atoms with Crippen LogP contribution in [0.25, 0.3) is 0 Å². The van der Waals surface area contributed by atoms with E-state index in [0.717, 1.165) is 4.90 Å². The molecule has 40 heavy (non-hydrogen) atoms. The van der Waals surface area contributed by atoms with Gasteiger partial charge in [0.2, 0.25) is 0 Å². The smallest absolute Gasteiger partial charge is 0.355 e. The highest BCUT2D eigenvalue weighted by atomic mass is 32.1. The molecule has 1 heterocycles. The third-order valence-electron chi connectivity index (χ3n) is 5.87. The summed E-state index contributed by atoms with van der Waals surface area (Å²) < 4.78 is 56.5. The van der Waals surface area contributed by atoms with Gasteiger partial charge in [-0.3, -0.25) is 14.5 Å². The fourth-order valence-electron chi connectivity index (χ4n) is 4.08. The monoisotopic (exact) mass is 555 g/mol. The summed E-state index contributed by atoms with van der Waals surface area (Å²) in [6.07, 6.45) is -5.08. The average molecular weight is 555 g/mol. The van der Waals surface area contributed by atoms with Crippen LogP contribution in [0.1, 0.15) is 42.3 Å². The molecule has 0 atom stereocenters. The number of halogens is 4. The van der Waals surface area contributed by atoms with Crippen LogP contribution in [0.15, 0.2) is 6.07 Å². The summed E-state index contributed by atoms with van der Waals surface area (Å²) in [6, 6.07) is 3.83. The van der Waals surface area contributed by atoms with E-state index in [1.807, 2.05) is 0 Å². The molecule has 0 unspecified atom stereocenters. The number of benzene rings is 2. The Hall–Kier alpha value is -3.71.